The van der Waals surface area contributed by atoms with Gasteiger partial charge >= 0.3 is 5.97 Å². The third kappa shape index (κ3) is 3.33. The third-order valence-corrected chi connectivity index (χ3v) is 4.73. The van der Waals surface area contributed by atoms with Gasteiger partial charge in [-0.2, -0.15) is 0 Å². The lowest BCUT2D eigenvalue weighted by atomic mass is 9.97. The Bertz CT molecular complexity index is 561. The molecule has 19 heavy (non-hydrogen) atoms. The van der Waals surface area contributed by atoms with Crippen molar-refractivity contribution in [2.45, 2.75) is 43.0 Å². The van der Waals surface area contributed by atoms with Gasteiger partial charge in [-0.15, -0.1) is 0 Å². The minimum Gasteiger partial charge on any atom is -0.481 e. The summed E-state index contributed by atoms with van der Waals surface area (Å²) in [5, 5.41) is 9.05. The van der Waals surface area contributed by atoms with Crippen molar-refractivity contribution in [3.8, 4) is 0 Å². The van der Waals surface area contributed by atoms with Gasteiger partial charge in [-0.1, -0.05) is 19.1 Å². The molecule has 0 saturated heterocycles. The van der Waals surface area contributed by atoms with Gasteiger partial charge in [0.2, 0.25) is 10.0 Å². The van der Waals surface area contributed by atoms with E-state index in [4.69, 9.17) is 5.11 Å². The molecule has 1 atom stereocenters. The van der Waals surface area contributed by atoms with Crippen molar-refractivity contribution in [1.82, 2.24) is 4.72 Å². The normalized spacial score (nSPS) is 17.1. The lowest BCUT2D eigenvalue weighted by Gasteiger charge is -2.11. The average molecular weight is 283 g/mol. The van der Waals surface area contributed by atoms with Crippen LogP contribution in [0.15, 0.2) is 29.2 Å². The Morgan fingerprint density at radius 2 is 1.95 bits per heavy atom. The van der Waals surface area contributed by atoms with Crippen LogP contribution >= 0.6 is 0 Å². The van der Waals surface area contributed by atoms with Crippen LogP contribution in [0.2, 0.25) is 0 Å². The molecule has 1 aromatic rings. The Kier molecular flexibility index (Phi) is 3.91. The molecule has 1 fully saturated rings. The predicted molar refractivity (Wildman–Crippen MR) is 70.5 cm³/mol. The maximum Gasteiger partial charge on any atom is 0.310 e. The molecule has 2 rings (SSSR count). The van der Waals surface area contributed by atoms with Gasteiger partial charge in [0.1, 0.15) is 0 Å². The number of benzene rings is 1. The van der Waals surface area contributed by atoms with E-state index in [1.807, 2.05) is 0 Å². The van der Waals surface area contributed by atoms with Crippen molar-refractivity contribution >= 4 is 16.0 Å². The lowest BCUT2D eigenvalue weighted by molar-refractivity contribution is -0.138. The highest BCUT2D eigenvalue weighted by Crippen LogP contribution is 2.24. The van der Waals surface area contributed by atoms with Crippen LogP contribution in [0.1, 0.15) is 37.7 Å². The Morgan fingerprint density at radius 3 is 2.37 bits per heavy atom. The summed E-state index contributed by atoms with van der Waals surface area (Å²) in [6.07, 6.45) is 2.24. The highest BCUT2D eigenvalue weighted by Gasteiger charge is 2.28. The second-order valence-electron chi connectivity index (χ2n) is 4.76. The number of aliphatic carboxylic acids is 1. The summed E-state index contributed by atoms with van der Waals surface area (Å²) in [7, 11) is -3.46. The highest BCUT2D eigenvalue weighted by atomic mass is 32.2. The number of sulfonamides is 1. The van der Waals surface area contributed by atoms with E-state index in [0.717, 1.165) is 12.8 Å². The fourth-order valence-corrected chi connectivity index (χ4v) is 3.23. The summed E-state index contributed by atoms with van der Waals surface area (Å²) in [5.41, 5.74) is 0.625. The van der Waals surface area contributed by atoms with E-state index in [2.05, 4.69) is 4.72 Å². The second kappa shape index (κ2) is 5.30. The fraction of sp³-hybridized carbons (Fsp3) is 0.462. The molecule has 1 aliphatic rings. The van der Waals surface area contributed by atoms with E-state index >= 15 is 0 Å². The molecule has 0 aromatic heterocycles. The van der Waals surface area contributed by atoms with Crippen LogP contribution in [0.3, 0.4) is 0 Å². The highest BCUT2D eigenvalue weighted by molar-refractivity contribution is 7.89. The topological polar surface area (TPSA) is 83.5 Å². The molecule has 0 aliphatic heterocycles. The fourth-order valence-electron chi connectivity index (χ4n) is 1.92. The van der Waals surface area contributed by atoms with Crippen LogP contribution in [-0.4, -0.2) is 25.5 Å². The van der Waals surface area contributed by atoms with Gasteiger partial charge in [-0.05, 0) is 37.0 Å². The quantitative estimate of drug-likeness (QED) is 0.832. The maximum atomic E-state index is 11.9. The van der Waals surface area contributed by atoms with Gasteiger partial charge in [0.15, 0.2) is 0 Å². The number of carboxylic acids is 1. The summed E-state index contributed by atoms with van der Waals surface area (Å²) in [6, 6.07) is 6.14. The van der Waals surface area contributed by atoms with Crippen LogP contribution in [0.5, 0.6) is 0 Å². The molecule has 0 bridgehead atoms. The zero-order chi connectivity index (χ0) is 14.0. The molecule has 0 radical (unpaired) electrons. The van der Waals surface area contributed by atoms with E-state index in [1.165, 1.54) is 12.1 Å². The number of nitrogens with one attached hydrogen (secondary N) is 1. The number of hydrogen-bond acceptors (Lipinski definition) is 3. The smallest absolute Gasteiger partial charge is 0.310 e. The first-order chi connectivity index (χ1) is 8.94. The largest absolute Gasteiger partial charge is 0.481 e. The van der Waals surface area contributed by atoms with E-state index in [1.54, 1.807) is 19.1 Å². The molecule has 1 aliphatic carbocycles. The number of rotatable bonds is 6. The Morgan fingerprint density at radius 1 is 1.37 bits per heavy atom. The third-order valence-electron chi connectivity index (χ3n) is 3.20. The SMILES string of the molecule is CCC(C(=O)O)c1ccc(S(=O)(=O)NC2CC2)cc1. The molecular formula is C13H17NO4S. The minimum absolute atomic E-state index is 0.0621. The predicted octanol–water partition coefficient (Wildman–Crippen LogP) is 1.71. The summed E-state index contributed by atoms with van der Waals surface area (Å²) in [5.74, 6) is -1.48. The van der Waals surface area contributed by atoms with Crippen LogP contribution in [0, 0.1) is 0 Å². The maximum absolute atomic E-state index is 11.9. The monoisotopic (exact) mass is 283 g/mol. The second-order valence-corrected chi connectivity index (χ2v) is 6.48. The van der Waals surface area contributed by atoms with E-state index in [0.29, 0.717) is 12.0 Å². The average Bonchev–Trinajstić information content (AvgIpc) is 3.13. The van der Waals surface area contributed by atoms with Crippen molar-refractivity contribution < 1.29 is 18.3 Å². The van der Waals surface area contributed by atoms with Crippen LogP contribution in [0.25, 0.3) is 0 Å². The van der Waals surface area contributed by atoms with Gasteiger partial charge in [0, 0.05) is 6.04 Å². The van der Waals surface area contributed by atoms with Gasteiger partial charge in [0.05, 0.1) is 10.8 Å². The molecule has 1 unspecified atom stereocenters. The molecule has 0 spiro atoms. The summed E-state index contributed by atoms with van der Waals surface area (Å²) in [6.45, 7) is 1.79. The Labute approximate surface area is 112 Å². The van der Waals surface area contributed by atoms with Crippen molar-refractivity contribution in [3.63, 3.8) is 0 Å². The van der Waals surface area contributed by atoms with Gasteiger partial charge in [-0.3, -0.25) is 4.79 Å². The van der Waals surface area contributed by atoms with Gasteiger partial charge < -0.3 is 5.11 Å². The molecule has 0 amide bonds. The summed E-state index contributed by atoms with van der Waals surface area (Å²) < 4.78 is 26.5. The van der Waals surface area contributed by atoms with Crippen LogP contribution < -0.4 is 4.72 Å². The lowest BCUT2D eigenvalue weighted by Crippen LogP contribution is -2.25. The van der Waals surface area contributed by atoms with Crippen molar-refractivity contribution in [2.24, 2.45) is 0 Å². The number of carbonyl (C=O) groups is 1. The molecular weight excluding hydrogens is 266 g/mol. The number of hydrogen-bond donors (Lipinski definition) is 2. The van der Waals surface area contributed by atoms with Crippen LogP contribution in [-0.2, 0) is 14.8 Å². The Hall–Kier alpha value is -1.40. The minimum atomic E-state index is -3.46. The number of carboxylic acid groups (broad SMARTS) is 1. The zero-order valence-corrected chi connectivity index (χ0v) is 11.5. The molecule has 104 valence electrons. The summed E-state index contributed by atoms with van der Waals surface area (Å²) >= 11 is 0. The van der Waals surface area contributed by atoms with E-state index < -0.39 is 21.9 Å². The standard InChI is InChI=1S/C13H17NO4S/c1-2-12(13(15)16)9-3-7-11(8-4-9)19(17,18)14-10-5-6-10/h3-4,7-8,10,12,14H,2,5-6H2,1H3,(H,15,16). The first kappa shape index (κ1) is 14.0. The Balaban J connectivity index is 2.19. The molecule has 6 heteroatoms. The molecule has 1 aromatic carbocycles. The van der Waals surface area contributed by atoms with E-state index in [-0.39, 0.29) is 10.9 Å². The van der Waals surface area contributed by atoms with Crippen molar-refractivity contribution in [2.75, 3.05) is 0 Å². The van der Waals surface area contributed by atoms with Gasteiger partial charge in [-0.25, -0.2) is 13.1 Å². The molecule has 1 saturated carbocycles. The molecule has 0 heterocycles. The first-order valence-electron chi connectivity index (χ1n) is 6.29. The molecule has 5 nitrogen and oxygen atoms in total. The van der Waals surface area contributed by atoms with Crippen molar-refractivity contribution in [3.05, 3.63) is 29.8 Å². The molecule has 2 N–H and O–H groups in total. The first-order valence-corrected chi connectivity index (χ1v) is 7.77. The van der Waals surface area contributed by atoms with Gasteiger partial charge in [0.25, 0.3) is 0 Å². The zero-order valence-electron chi connectivity index (χ0n) is 10.7. The van der Waals surface area contributed by atoms with Crippen LogP contribution in [0.4, 0.5) is 0 Å². The van der Waals surface area contributed by atoms with E-state index in [9.17, 15) is 13.2 Å². The van der Waals surface area contributed by atoms with Crippen molar-refractivity contribution in [1.29, 1.82) is 0 Å². The summed E-state index contributed by atoms with van der Waals surface area (Å²) in [4.78, 5) is 11.2.